The van der Waals surface area contributed by atoms with Crippen molar-refractivity contribution >= 4 is 17.8 Å². The lowest BCUT2D eigenvalue weighted by atomic mass is 10.00. The van der Waals surface area contributed by atoms with Gasteiger partial charge in [-0.2, -0.15) is 18.2 Å². The highest BCUT2D eigenvalue weighted by molar-refractivity contribution is 5.92. The van der Waals surface area contributed by atoms with Gasteiger partial charge in [-0.25, -0.2) is 4.79 Å². The minimum absolute atomic E-state index is 0.0102. The van der Waals surface area contributed by atoms with Gasteiger partial charge in [-0.15, -0.1) is 6.58 Å². The number of piperazine rings is 1. The van der Waals surface area contributed by atoms with Crippen LogP contribution in [0.2, 0.25) is 0 Å². The Labute approximate surface area is 241 Å². The smallest absolute Gasteiger partial charge is 0.333 e. The van der Waals surface area contributed by atoms with E-state index in [1.165, 1.54) is 33.0 Å². The molecular formula is C31H30F3N5O3. The van der Waals surface area contributed by atoms with Crippen LogP contribution in [-0.4, -0.2) is 63.5 Å². The lowest BCUT2D eigenvalue weighted by Gasteiger charge is -2.46. The average Bonchev–Trinajstić information content (AvgIpc) is 3.30. The van der Waals surface area contributed by atoms with Crippen LogP contribution in [0.3, 0.4) is 0 Å². The molecule has 0 unspecified atom stereocenters. The Morgan fingerprint density at radius 2 is 1.64 bits per heavy atom. The number of urea groups is 1. The van der Waals surface area contributed by atoms with Crippen molar-refractivity contribution in [1.29, 1.82) is 0 Å². The molecule has 2 saturated heterocycles. The van der Waals surface area contributed by atoms with Gasteiger partial charge in [0.15, 0.2) is 0 Å². The van der Waals surface area contributed by atoms with E-state index in [-0.39, 0.29) is 38.6 Å². The van der Waals surface area contributed by atoms with Crippen LogP contribution >= 0.6 is 0 Å². The molecule has 3 aromatic carbocycles. The summed E-state index contributed by atoms with van der Waals surface area (Å²) in [5, 5.41) is 5.87. The lowest BCUT2D eigenvalue weighted by molar-refractivity contribution is -0.158. The van der Waals surface area contributed by atoms with E-state index in [4.69, 9.17) is 0 Å². The highest BCUT2D eigenvalue weighted by Crippen LogP contribution is 2.37. The Kier molecular flexibility index (Phi) is 8.30. The summed E-state index contributed by atoms with van der Waals surface area (Å²) in [5.74, 6) is -0.750. The maximum atomic E-state index is 13.9. The van der Waals surface area contributed by atoms with Crippen molar-refractivity contribution in [2.45, 2.75) is 31.5 Å². The summed E-state index contributed by atoms with van der Waals surface area (Å²) in [6.45, 7) is 3.85. The fraction of sp³-hybridized carbons (Fsp3) is 0.258. The first kappa shape index (κ1) is 28.9. The molecule has 4 amide bonds. The first-order valence-electron chi connectivity index (χ1n) is 13.4. The van der Waals surface area contributed by atoms with E-state index in [1.54, 1.807) is 35.3 Å². The van der Waals surface area contributed by atoms with Crippen molar-refractivity contribution in [1.82, 2.24) is 25.1 Å². The van der Waals surface area contributed by atoms with Crippen molar-refractivity contribution in [3.8, 4) is 0 Å². The number of alkyl halides is 3. The van der Waals surface area contributed by atoms with Crippen LogP contribution in [0, 0.1) is 0 Å². The number of carbonyl (C=O) groups is 3. The Morgan fingerprint density at radius 1 is 0.976 bits per heavy atom. The fourth-order valence-electron chi connectivity index (χ4n) is 5.40. The van der Waals surface area contributed by atoms with Crippen LogP contribution in [0.15, 0.2) is 97.6 Å². The summed E-state index contributed by atoms with van der Waals surface area (Å²) in [4.78, 5) is 43.7. The van der Waals surface area contributed by atoms with Gasteiger partial charge < -0.3 is 15.1 Å². The van der Waals surface area contributed by atoms with Crippen molar-refractivity contribution in [2.75, 3.05) is 19.6 Å². The summed E-state index contributed by atoms with van der Waals surface area (Å²) in [6, 6.07) is 21.5. The number of hydrazine groups is 1. The molecule has 0 spiro atoms. The van der Waals surface area contributed by atoms with Gasteiger partial charge in [-0.3, -0.25) is 14.6 Å². The number of nitrogens with zero attached hydrogens (tertiary/aromatic N) is 4. The Balaban J connectivity index is 1.46. The van der Waals surface area contributed by atoms with Crippen LogP contribution in [0.1, 0.15) is 28.3 Å². The molecule has 0 saturated carbocycles. The Hall–Kier alpha value is -4.64. The average molecular weight is 578 g/mol. The number of hydrogen-bond acceptors (Lipinski definition) is 4. The zero-order chi connectivity index (χ0) is 29.9. The van der Waals surface area contributed by atoms with E-state index >= 15 is 0 Å². The molecule has 2 aliphatic heterocycles. The van der Waals surface area contributed by atoms with Crippen LogP contribution in [0.4, 0.5) is 18.0 Å². The monoisotopic (exact) mass is 577 g/mol. The third-order valence-corrected chi connectivity index (χ3v) is 7.33. The van der Waals surface area contributed by atoms with E-state index in [0.29, 0.717) is 11.1 Å². The van der Waals surface area contributed by atoms with Gasteiger partial charge in [0, 0.05) is 13.1 Å². The molecule has 218 valence electrons. The molecule has 8 nitrogen and oxygen atoms in total. The molecule has 11 heteroatoms. The maximum Gasteiger partial charge on any atom is 0.416 e. The van der Waals surface area contributed by atoms with Gasteiger partial charge in [0.2, 0.25) is 5.91 Å². The van der Waals surface area contributed by atoms with Crippen LogP contribution in [-0.2, 0) is 28.9 Å². The molecule has 1 N–H and O–H groups in total. The lowest BCUT2D eigenvalue weighted by Crippen LogP contribution is -2.62. The second-order valence-corrected chi connectivity index (χ2v) is 10.1. The van der Waals surface area contributed by atoms with E-state index < -0.39 is 35.9 Å². The number of benzene rings is 3. The second kappa shape index (κ2) is 12.1. The van der Waals surface area contributed by atoms with Crippen molar-refractivity contribution < 1.29 is 27.6 Å². The minimum atomic E-state index is -4.53. The van der Waals surface area contributed by atoms with Gasteiger partial charge in [-0.1, -0.05) is 78.9 Å². The number of nitrogens with one attached hydrogen (secondary N) is 1. The van der Waals surface area contributed by atoms with Crippen LogP contribution < -0.4 is 5.32 Å². The molecule has 5 rings (SSSR count). The van der Waals surface area contributed by atoms with E-state index in [0.717, 1.165) is 17.7 Å². The van der Waals surface area contributed by atoms with Gasteiger partial charge >= 0.3 is 12.2 Å². The molecular weight excluding hydrogens is 547 g/mol. The molecule has 2 heterocycles. The molecule has 3 aromatic rings. The van der Waals surface area contributed by atoms with Crippen molar-refractivity contribution in [3.63, 3.8) is 0 Å². The topological polar surface area (TPSA) is 76.2 Å². The molecule has 0 bridgehead atoms. The predicted octanol–water partition coefficient (Wildman–Crippen LogP) is 4.57. The first-order chi connectivity index (χ1) is 20.2. The summed E-state index contributed by atoms with van der Waals surface area (Å²) in [5.41, 5.74) is 0.955. The molecule has 2 fully saturated rings. The standard InChI is InChI=1S/C31H30F3N5O3/c1-2-16-37(30(42)35-18-22-10-5-3-6-11-22)38-21-27(40)39-26(38)20-36(29(41)28(39)24-13-7-4-8-14-24)19-23-12-9-15-25(17-23)31(32,33)34/h2-15,17,26,28H,1,16,18-21H2,(H,35,42)/t26-,28+/m1/s1. The number of fused-ring (bicyclic) bond motifs is 1. The van der Waals surface area contributed by atoms with Crippen molar-refractivity contribution in [2.24, 2.45) is 0 Å². The molecule has 42 heavy (non-hydrogen) atoms. The highest BCUT2D eigenvalue weighted by atomic mass is 19.4. The molecule has 0 radical (unpaired) electrons. The van der Waals surface area contributed by atoms with E-state index in [9.17, 15) is 27.6 Å². The number of halogens is 3. The Bertz CT molecular complexity index is 1450. The zero-order valence-corrected chi connectivity index (χ0v) is 22.7. The van der Waals surface area contributed by atoms with Gasteiger partial charge in [0.1, 0.15) is 12.2 Å². The molecule has 0 aliphatic carbocycles. The van der Waals surface area contributed by atoms with Gasteiger partial charge in [0.25, 0.3) is 5.91 Å². The summed E-state index contributed by atoms with van der Waals surface area (Å²) in [6.07, 6.45) is -3.73. The molecule has 2 atom stereocenters. The van der Waals surface area contributed by atoms with Crippen molar-refractivity contribution in [3.05, 3.63) is 120 Å². The number of hydrogen-bond donors (Lipinski definition) is 1. The number of rotatable bonds is 8. The summed E-state index contributed by atoms with van der Waals surface area (Å²) < 4.78 is 40.2. The first-order valence-corrected chi connectivity index (χ1v) is 13.4. The quantitative estimate of drug-likeness (QED) is 0.398. The summed E-state index contributed by atoms with van der Waals surface area (Å²) in [7, 11) is 0. The van der Waals surface area contributed by atoms with E-state index in [2.05, 4.69) is 11.9 Å². The van der Waals surface area contributed by atoms with Gasteiger partial charge in [0.05, 0.1) is 25.2 Å². The van der Waals surface area contributed by atoms with E-state index in [1.807, 2.05) is 30.3 Å². The van der Waals surface area contributed by atoms with Crippen LogP contribution in [0.5, 0.6) is 0 Å². The largest absolute Gasteiger partial charge is 0.416 e. The summed E-state index contributed by atoms with van der Waals surface area (Å²) >= 11 is 0. The Morgan fingerprint density at radius 3 is 2.31 bits per heavy atom. The zero-order valence-electron chi connectivity index (χ0n) is 22.7. The SMILES string of the molecule is C=CCN(C(=O)NCc1ccccc1)N1CC(=O)N2[C@@H](c3ccccc3)C(=O)N(Cc3cccc(C(F)(F)F)c3)C[C@@H]21. The minimum Gasteiger partial charge on any atom is -0.333 e. The van der Waals surface area contributed by atoms with Gasteiger partial charge in [-0.05, 0) is 28.8 Å². The third-order valence-electron chi connectivity index (χ3n) is 7.33. The molecule has 0 aromatic heterocycles. The molecule has 2 aliphatic rings. The maximum absolute atomic E-state index is 13.9. The van der Waals surface area contributed by atoms with Crippen LogP contribution in [0.25, 0.3) is 0 Å². The third kappa shape index (κ3) is 6.01. The fourth-order valence-corrected chi connectivity index (χ4v) is 5.40. The number of amides is 4. The second-order valence-electron chi connectivity index (χ2n) is 10.1. The number of carbonyl (C=O) groups excluding carboxylic acids is 3. The highest BCUT2D eigenvalue weighted by Gasteiger charge is 2.52. The normalized spacial score (nSPS) is 19.0. The predicted molar refractivity (Wildman–Crippen MR) is 149 cm³/mol.